The van der Waals surface area contributed by atoms with Gasteiger partial charge in [0.05, 0.1) is 12.1 Å². The minimum absolute atomic E-state index is 0.161. The van der Waals surface area contributed by atoms with E-state index in [2.05, 4.69) is 15.3 Å². The summed E-state index contributed by atoms with van der Waals surface area (Å²) < 4.78 is 0. The van der Waals surface area contributed by atoms with E-state index in [0.717, 1.165) is 0 Å². The fraction of sp³-hybridized carbons (Fsp3) is 0.375. The number of nitrogens with zero attached hydrogens (tertiary/aromatic N) is 2. The Morgan fingerprint density at radius 1 is 1.54 bits per heavy atom. The van der Waals surface area contributed by atoms with Gasteiger partial charge >= 0.3 is 0 Å². The molecule has 1 heterocycles. The molecule has 13 heavy (non-hydrogen) atoms. The van der Waals surface area contributed by atoms with E-state index < -0.39 is 0 Å². The topological polar surface area (TPSA) is 80.9 Å². The van der Waals surface area contributed by atoms with Gasteiger partial charge in [0, 0.05) is 18.9 Å². The van der Waals surface area contributed by atoms with Gasteiger partial charge < -0.3 is 11.1 Å². The third-order valence-electron chi connectivity index (χ3n) is 1.49. The van der Waals surface area contributed by atoms with Crippen LogP contribution < -0.4 is 11.1 Å². The van der Waals surface area contributed by atoms with Gasteiger partial charge in [0.15, 0.2) is 0 Å². The molecule has 0 aliphatic heterocycles. The van der Waals surface area contributed by atoms with Crippen molar-refractivity contribution in [3.63, 3.8) is 0 Å². The van der Waals surface area contributed by atoms with Crippen molar-refractivity contribution in [3.8, 4) is 0 Å². The highest BCUT2D eigenvalue weighted by atomic mass is 16.1. The minimum Gasteiger partial charge on any atom is -0.352 e. The van der Waals surface area contributed by atoms with Crippen molar-refractivity contribution in [2.24, 2.45) is 5.73 Å². The summed E-state index contributed by atoms with van der Waals surface area (Å²) in [4.78, 5) is 19.0. The summed E-state index contributed by atoms with van der Waals surface area (Å²) in [5.74, 6) is 0.374. The second-order valence-corrected chi connectivity index (χ2v) is 2.45. The van der Waals surface area contributed by atoms with Crippen LogP contribution in [0.4, 0.5) is 0 Å². The van der Waals surface area contributed by atoms with Crippen LogP contribution in [-0.4, -0.2) is 22.4 Å². The first-order valence-corrected chi connectivity index (χ1v) is 4.07. The van der Waals surface area contributed by atoms with Crippen molar-refractivity contribution >= 4 is 5.91 Å². The molecule has 1 aromatic rings. The zero-order chi connectivity index (χ0) is 9.68. The second kappa shape index (κ2) is 4.51. The maximum Gasteiger partial charge on any atom is 0.254 e. The Balaban J connectivity index is 2.74. The molecule has 0 aliphatic carbocycles. The summed E-state index contributed by atoms with van der Waals surface area (Å²) >= 11 is 0. The van der Waals surface area contributed by atoms with Crippen molar-refractivity contribution in [2.45, 2.75) is 13.5 Å². The molecule has 1 aromatic heterocycles. The van der Waals surface area contributed by atoms with E-state index in [-0.39, 0.29) is 12.5 Å². The summed E-state index contributed by atoms with van der Waals surface area (Å²) in [6.45, 7) is 2.74. The largest absolute Gasteiger partial charge is 0.352 e. The lowest BCUT2D eigenvalue weighted by molar-refractivity contribution is 0.0955. The number of nitrogens with one attached hydrogen (secondary N) is 1. The Morgan fingerprint density at radius 2 is 2.15 bits per heavy atom. The molecule has 1 amide bonds. The van der Waals surface area contributed by atoms with Gasteiger partial charge in [-0.25, -0.2) is 9.97 Å². The van der Waals surface area contributed by atoms with Crippen LogP contribution in [0.5, 0.6) is 0 Å². The molecule has 70 valence electrons. The maximum absolute atomic E-state index is 11.2. The third-order valence-corrected chi connectivity index (χ3v) is 1.49. The van der Waals surface area contributed by atoms with Crippen LogP contribution in [0.15, 0.2) is 12.4 Å². The lowest BCUT2D eigenvalue weighted by atomic mass is 10.3. The van der Waals surface area contributed by atoms with E-state index in [0.29, 0.717) is 17.9 Å². The molecule has 0 fully saturated rings. The first-order valence-electron chi connectivity index (χ1n) is 4.07. The highest BCUT2D eigenvalue weighted by Crippen LogP contribution is 1.95. The number of carbonyl (C=O) groups is 1. The normalized spacial score (nSPS) is 9.69. The van der Waals surface area contributed by atoms with Crippen molar-refractivity contribution in [1.29, 1.82) is 0 Å². The van der Waals surface area contributed by atoms with Gasteiger partial charge in [0.25, 0.3) is 5.91 Å². The standard InChI is InChI=1S/C8H12N4O/c1-2-10-8(13)6-4-11-7(3-9)12-5-6/h4-5H,2-3,9H2,1H3,(H,10,13). The van der Waals surface area contributed by atoms with E-state index in [1.54, 1.807) is 0 Å². The average molecular weight is 180 g/mol. The van der Waals surface area contributed by atoms with Crippen molar-refractivity contribution < 1.29 is 4.79 Å². The fourth-order valence-electron chi connectivity index (χ4n) is 0.840. The number of rotatable bonds is 3. The molecule has 0 atom stereocenters. The van der Waals surface area contributed by atoms with Gasteiger partial charge in [-0.15, -0.1) is 0 Å². The van der Waals surface area contributed by atoms with Crippen LogP contribution in [0.3, 0.4) is 0 Å². The predicted octanol–water partition coefficient (Wildman–Crippen LogP) is -0.315. The zero-order valence-corrected chi connectivity index (χ0v) is 7.45. The molecule has 0 bridgehead atoms. The van der Waals surface area contributed by atoms with Gasteiger partial charge in [0.2, 0.25) is 0 Å². The summed E-state index contributed by atoms with van der Waals surface area (Å²) in [5.41, 5.74) is 5.77. The number of carbonyl (C=O) groups excluding carboxylic acids is 1. The van der Waals surface area contributed by atoms with Crippen LogP contribution in [-0.2, 0) is 6.54 Å². The quantitative estimate of drug-likeness (QED) is 0.668. The second-order valence-electron chi connectivity index (χ2n) is 2.45. The number of hydrogen-bond acceptors (Lipinski definition) is 4. The summed E-state index contributed by atoms with van der Waals surface area (Å²) in [6, 6.07) is 0. The smallest absolute Gasteiger partial charge is 0.254 e. The fourth-order valence-corrected chi connectivity index (χ4v) is 0.840. The molecule has 0 aliphatic rings. The predicted molar refractivity (Wildman–Crippen MR) is 47.9 cm³/mol. The van der Waals surface area contributed by atoms with Crippen molar-refractivity contribution in [2.75, 3.05) is 6.54 Å². The SMILES string of the molecule is CCNC(=O)c1cnc(CN)nc1. The van der Waals surface area contributed by atoms with E-state index in [1.165, 1.54) is 12.4 Å². The molecule has 0 radical (unpaired) electrons. The molecule has 0 unspecified atom stereocenters. The minimum atomic E-state index is -0.161. The summed E-state index contributed by atoms with van der Waals surface area (Å²) in [5, 5.41) is 2.65. The van der Waals surface area contributed by atoms with Gasteiger partial charge in [-0.2, -0.15) is 0 Å². The summed E-state index contributed by atoms with van der Waals surface area (Å²) in [7, 11) is 0. The van der Waals surface area contributed by atoms with Crippen LogP contribution in [0.1, 0.15) is 23.1 Å². The number of nitrogens with two attached hydrogens (primary N) is 1. The monoisotopic (exact) mass is 180 g/mol. The molecule has 5 nitrogen and oxygen atoms in total. The van der Waals surface area contributed by atoms with Gasteiger partial charge in [0.1, 0.15) is 5.82 Å². The molecule has 0 spiro atoms. The van der Waals surface area contributed by atoms with E-state index in [4.69, 9.17) is 5.73 Å². The van der Waals surface area contributed by atoms with Crippen LogP contribution >= 0.6 is 0 Å². The summed E-state index contributed by atoms with van der Waals surface area (Å²) in [6.07, 6.45) is 2.94. The molecule has 0 aromatic carbocycles. The van der Waals surface area contributed by atoms with Gasteiger partial charge in [-0.1, -0.05) is 0 Å². The lowest BCUT2D eigenvalue weighted by Gasteiger charge is -2.01. The number of aromatic nitrogens is 2. The number of hydrogen-bond donors (Lipinski definition) is 2. The Labute approximate surface area is 76.4 Å². The highest BCUT2D eigenvalue weighted by molar-refractivity contribution is 5.93. The first kappa shape index (κ1) is 9.60. The van der Waals surface area contributed by atoms with Crippen LogP contribution in [0.25, 0.3) is 0 Å². The Kier molecular flexibility index (Phi) is 3.33. The number of amides is 1. The lowest BCUT2D eigenvalue weighted by Crippen LogP contribution is -2.23. The molecule has 3 N–H and O–H groups in total. The van der Waals surface area contributed by atoms with E-state index in [1.807, 2.05) is 6.92 Å². The molecule has 0 saturated heterocycles. The van der Waals surface area contributed by atoms with E-state index >= 15 is 0 Å². The van der Waals surface area contributed by atoms with Crippen LogP contribution in [0, 0.1) is 0 Å². The first-order chi connectivity index (χ1) is 6.27. The van der Waals surface area contributed by atoms with Gasteiger partial charge in [-0.3, -0.25) is 4.79 Å². The maximum atomic E-state index is 11.2. The van der Waals surface area contributed by atoms with Crippen molar-refractivity contribution in [1.82, 2.24) is 15.3 Å². The Bertz CT molecular complexity index is 283. The molecule has 1 rings (SSSR count). The Morgan fingerprint density at radius 3 is 2.62 bits per heavy atom. The third kappa shape index (κ3) is 2.48. The molecular formula is C8H12N4O. The average Bonchev–Trinajstić information content (AvgIpc) is 2.18. The van der Waals surface area contributed by atoms with E-state index in [9.17, 15) is 4.79 Å². The Hall–Kier alpha value is -1.49. The van der Waals surface area contributed by atoms with Gasteiger partial charge in [-0.05, 0) is 6.92 Å². The van der Waals surface area contributed by atoms with Crippen LogP contribution in [0.2, 0.25) is 0 Å². The zero-order valence-electron chi connectivity index (χ0n) is 7.45. The highest BCUT2D eigenvalue weighted by Gasteiger charge is 2.04. The molecular weight excluding hydrogens is 168 g/mol. The molecule has 0 saturated carbocycles. The molecule has 5 heteroatoms. The van der Waals surface area contributed by atoms with Crippen molar-refractivity contribution in [3.05, 3.63) is 23.8 Å².